The predicted octanol–water partition coefficient (Wildman–Crippen LogP) is 1.03. The van der Waals surface area contributed by atoms with E-state index in [-0.39, 0.29) is 0 Å². The van der Waals surface area contributed by atoms with Crippen molar-refractivity contribution in [3.05, 3.63) is 11.8 Å². The molecule has 0 saturated carbocycles. The maximum atomic E-state index is 10.3. The maximum Gasteiger partial charge on any atom is 0.198 e. The monoisotopic (exact) mass is 163 g/mol. The highest BCUT2D eigenvalue weighted by Crippen LogP contribution is 2.11. The number of aryl methyl sites for hydroxylation is 1. The van der Waals surface area contributed by atoms with Gasteiger partial charge >= 0.3 is 0 Å². The summed E-state index contributed by atoms with van der Waals surface area (Å²) in [6.07, 6.45) is 0. The van der Waals surface area contributed by atoms with Crippen molar-refractivity contribution in [1.82, 2.24) is 4.37 Å². The summed E-state index contributed by atoms with van der Waals surface area (Å²) in [5, 5.41) is 0. The average molecular weight is 163 g/mol. The van der Waals surface area contributed by atoms with Crippen LogP contribution in [0.25, 0.3) is 0 Å². The lowest BCUT2D eigenvalue weighted by molar-refractivity contribution is 0.566. The topological polar surface area (TPSA) is 50.2 Å². The average Bonchev–Trinajstić information content (AvgIpc) is 2.14. The number of aromatic nitrogens is 1. The first-order chi connectivity index (χ1) is 4.20. The van der Waals surface area contributed by atoms with Gasteiger partial charge in [0.15, 0.2) is 11.1 Å². The van der Waals surface area contributed by atoms with Gasteiger partial charge in [-0.2, -0.15) is 4.37 Å². The zero-order valence-corrected chi connectivity index (χ0v) is 6.33. The first-order valence-electron chi connectivity index (χ1n) is 2.24. The van der Waals surface area contributed by atoms with Gasteiger partial charge in [-0.05, 0) is 24.5 Å². The maximum absolute atomic E-state index is 10.3. The van der Waals surface area contributed by atoms with Crippen LogP contribution in [-0.4, -0.2) is 13.1 Å². The second-order valence-corrected chi connectivity index (χ2v) is 3.54. The Kier molecular flexibility index (Phi) is 1.94. The van der Waals surface area contributed by atoms with Crippen molar-refractivity contribution in [3.8, 4) is 0 Å². The minimum atomic E-state index is -1.85. The Balaban J connectivity index is 2.98. The summed E-state index contributed by atoms with van der Waals surface area (Å²) < 4.78 is 23.0. The lowest BCUT2D eigenvalue weighted by Gasteiger charge is -1.78. The third-order valence-electron chi connectivity index (χ3n) is 0.778. The van der Waals surface area contributed by atoms with Crippen molar-refractivity contribution in [3.63, 3.8) is 0 Å². The quantitative estimate of drug-likeness (QED) is 0.629. The largest absolute Gasteiger partial charge is 0.302 e. The molecule has 0 amide bonds. The smallest absolute Gasteiger partial charge is 0.198 e. The zero-order chi connectivity index (χ0) is 6.85. The molecule has 0 fully saturated rings. The van der Waals surface area contributed by atoms with Gasteiger partial charge in [0.25, 0.3) is 0 Å². The highest BCUT2D eigenvalue weighted by atomic mass is 32.2. The predicted molar refractivity (Wildman–Crippen MR) is 35.9 cm³/mol. The molecule has 9 heavy (non-hydrogen) atoms. The normalized spacial score (nSPS) is 13.6. The van der Waals surface area contributed by atoms with Crippen LogP contribution < -0.4 is 0 Å². The molecule has 0 spiro atoms. The molecule has 0 aliphatic rings. The summed E-state index contributed by atoms with van der Waals surface area (Å²) in [6.45, 7) is 1.78. The fraction of sp³-hybridized carbons (Fsp3) is 0.250. The second-order valence-electron chi connectivity index (χ2n) is 1.54. The van der Waals surface area contributed by atoms with E-state index in [1.165, 1.54) is 0 Å². The lowest BCUT2D eigenvalue weighted by atomic mass is 10.5. The number of nitrogens with zero attached hydrogens (tertiary/aromatic N) is 1. The van der Waals surface area contributed by atoms with E-state index in [4.69, 9.17) is 4.55 Å². The highest BCUT2D eigenvalue weighted by Gasteiger charge is 2.01. The fourth-order valence-corrected chi connectivity index (χ4v) is 1.57. The Morgan fingerprint density at radius 2 is 2.56 bits per heavy atom. The summed E-state index contributed by atoms with van der Waals surface area (Å²) >= 11 is -0.795. The summed E-state index contributed by atoms with van der Waals surface area (Å²) in [6, 6.07) is 1.60. The first kappa shape index (κ1) is 6.85. The molecular formula is C4H5NO2S2. The van der Waals surface area contributed by atoms with Crippen LogP contribution in [0.5, 0.6) is 0 Å². The molecule has 5 heteroatoms. The zero-order valence-electron chi connectivity index (χ0n) is 4.70. The number of rotatable bonds is 1. The molecule has 3 nitrogen and oxygen atoms in total. The molecule has 0 aliphatic carbocycles. The highest BCUT2D eigenvalue weighted by molar-refractivity contribution is 7.81. The molecule has 1 aromatic heterocycles. The molecule has 1 atom stereocenters. The van der Waals surface area contributed by atoms with Crippen molar-refractivity contribution in [2.24, 2.45) is 0 Å². The van der Waals surface area contributed by atoms with E-state index < -0.39 is 11.1 Å². The van der Waals surface area contributed by atoms with E-state index in [2.05, 4.69) is 4.37 Å². The van der Waals surface area contributed by atoms with Gasteiger partial charge in [-0.25, -0.2) is 4.21 Å². The molecule has 0 saturated heterocycles. The van der Waals surface area contributed by atoms with E-state index in [9.17, 15) is 4.21 Å². The molecule has 1 rings (SSSR count). The summed E-state index contributed by atoms with van der Waals surface area (Å²) in [5.41, 5.74) is 0.789. The standard InChI is InChI=1S/C4H5NO2S2/c1-3-2-4(8-5-3)9(6)7/h2H,1H3,(H,6,7). The third kappa shape index (κ3) is 1.57. The molecule has 50 valence electrons. The van der Waals surface area contributed by atoms with Crippen molar-refractivity contribution in [2.75, 3.05) is 0 Å². The minimum Gasteiger partial charge on any atom is -0.302 e. The molecule has 0 radical (unpaired) electrons. The molecule has 1 N–H and O–H groups in total. The van der Waals surface area contributed by atoms with Crippen molar-refractivity contribution in [1.29, 1.82) is 0 Å². The Morgan fingerprint density at radius 3 is 2.78 bits per heavy atom. The van der Waals surface area contributed by atoms with Gasteiger partial charge in [0.1, 0.15) is 4.21 Å². The van der Waals surface area contributed by atoms with Gasteiger partial charge in [-0.1, -0.05) is 0 Å². The Hall–Kier alpha value is -0.260. The van der Waals surface area contributed by atoms with Gasteiger partial charge in [-0.3, -0.25) is 0 Å². The van der Waals surface area contributed by atoms with Crippen LogP contribution in [0.2, 0.25) is 0 Å². The van der Waals surface area contributed by atoms with Crippen molar-refractivity contribution in [2.45, 2.75) is 11.1 Å². The number of hydrogen-bond donors (Lipinski definition) is 1. The molecule has 0 bridgehead atoms. The Bertz CT molecular complexity index is 232. The van der Waals surface area contributed by atoms with Gasteiger partial charge in [-0.15, -0.1) is 0 Å². The van der Waals surface area contributed by atoms with Crippen molar-refractivity contribution >= 4 is 22.6 Å². The summed E-state index contributed by atoms with van der Waals surface area (Å²) in [7, 11) is 0. The molecule has 1 aromatic rings. The second kappa shape index (κ2) is 2.55. The molecule has 0 aliphatic heterocycles. The lowest BCUT2D eigenvalue weighted by Crippen LogP contribution is -1.80. The SMILES string of the molecule is Cc1cc(S(=O)O)sn1. The van der Waals surface area contributed by atoms with Gasteiger partial charge in [0.2, 0.25) is 0 Å². The van der Waals surface area contributed by atoms with E-state index >= 15 is 0 Å². The molecule has 1 unspecified atom stereocenters. The fourth-order valence-electron chi connectivity index (χ4n) is 0.423. The Labute approximate surface area is 59.2 Å². The number of hydrogen-bond acceptors (Lipinski definition) is 3. The van der Waals surface area contributed by atoms with E-state index in [0.717, 1.165) is 17.2 Å². The van der Waals surface area contributed by atoms with Crippen LogP contribution in [0, 0.1) is 6.92 Å². The van der Waals surface area contributed by atoms with Crippen LogP contribution >= 0.6 is 11.5 Å². The van der Waals surface area contributed by atoms with Gasteiger partial charge in [0, 0.05) is 0 Å². The van der Waals surface area contributed by atoms with E-state index in [1.807, 2.05) is 0 Å². The van der Waals surface area contributed by atoms with E-state index in [1.54, 1.807) is 13.0 Å². The van der Waals surface area contributed by atoms with Crippen LogP contribution in [-0.2, 0) is 11.1 Å². The van der Waals surface area contributed by atoms with Crippen LogP contribution in [0.15, 0.2) is 10.3 Å². The van der Waals surface area contributed by atoms with Crippen LogP contribution in [0.4, 0.5) is 0 Å². The summed E-state index contributed by atoms with van der Waals surface area (Å²) in [5.74, 6) is 0. The molecule has 1 heterocycles. The van der Waals surface area contributed by atoms with Crippen LogP contribution in [0.3, 0.4) is 0 Å². The van der Waals surface area contributed by atoms with Crippen molar-refractivity contribution < 1.29 is 8.76 Å². The minimum absolute atomic E-state index is 0.410. The van der Waals surface area contributed by atoms with E-state index in [0.29, 0.717) is 4.21 Å². The summed E-state index contributed by atoms with van der Waals surface area (Å²) in [4.78, 5) is 0. The Morgan fingerprint density at radius 1 is 1.89 bits per heavy atom. The third-order valence-corrected chi connectivity index (χ3v) is 2.57. The molecule has 0 aromatic carbocycles. The molecular weight excluding hydrogens is 158 g/mol. The van der Waals surface area contributed by atoms with Crippen LogP contribution in [0.1, 0.15) is 5.69 Å². The first-order valence-corrected chi connectivity index (χ1v) is 4.12. The van der Waals surface area contributed by atoms with Gasteiger partial charge < -0.3 is 4.55 Å². The van der Waals surface area contributed by atoms with Gasteiger partial charge in [0.05, 0.1) is 5.69 Å².